The Labute approximate surface area is 127 Å². The van der Waals surface area contributed by atoms with Gasteiger partial charge in [0.15, 0.2) is 11.5 Å². The molecular weight excluding hydrogens is 280 g/mol. The number of aromatic nitrogens is 1. The van der Waals surface area contributed by atoms with E-state index < -0.39 is 0 Å². The molecule has 0 bridgehead atoms. The fraction of sp³-hybridized carbons (Fsp3) is 0.118. The summed E-state index contributed by atoms with van der Waals surface area (Å²) in [6.07, 6.45) is 1.62. The number of carbonyl (C=O) groups excluding carboxylic acids is 1. The third-order valence-corrected chi connectivity index (χ3v) is 3.58. The molecule has 1 heterocycles. The number of nitrogens with zero attached hydrogens (tertiary/aromatic N) is 1. The zero-order chi connectivity index (χ0) is 15.7. The van der Waals surface area contributed by atoms with Crippen LogP contribution in [0.4, 0.5) is 5.69 Å². The normalized spacial score (nSPS) is 10.6. The second-order valence-electron chi connectivity index (χ2n) is 4.85. The van der Waals surface area contributed by atoms with Crippen LogP contribution in [0.3, 0.4) is 0 Å². The van der Waals surface area contributed by atoms with Crippen LogP contribution in [0.25, 0.3) is 10.9 Å². The number of nitrogens with two attached hydrogens (primary N) is 1. The summed E-state index contributed by atoms with van der Waals surface area (Å²) >= 11 is 0. The fourth-order valence-corrected chi connectivity index (χ4v) is 2.46. The second kappa shape index (κ2) is 5.44. The van der Waals surface area contributed by atoms with Crippen molar-refractivity contribution < 1.29 is 14.3 Å². The van der Waals surface area contributed by atoms with Gasteiger partial charge in [-0.3, -0.25) is 9.36 Å². The number of fused-ring (bicyclic) bond motifs is 1. The molecule has 0 saturated carbocycles. The summed E-state index contributed by atoms with van der Waals surface area (Å²) in [5, 5.41) is 0.752. The van der Waals surface area contributed by atoms with Gasteiger partial charge < -0.3 is 15.2 Å². The molecule has 0 saturated heterocycles. The van der Waals surface area contributed by atoms with Crippen molar-refractivity contribution in [2.75, 3.05) is 20.0 Å². The van der Waals surface area contributed by atoms with Crippen LogP contribution in [0.2, 0.25) is 0 Å². The first kappa shape index (κ1) is 14.0. The third kappa shape index (κ3) is 2.16. The second-order valence-corrected chi connectivity index (χ2v) is 4.85. The molecule has 0 unspecified atom stereocenters. The Bertz CT molecular complexity index is 838. The number of hydrogen-bond donors (Lipinski definition) is 1. The first-order valence-corrected chi connectivity index (χ1v) is 6.78. The Morgan fingerprint density at radius 3 is 2.32 bits per heavy atom. The molecule has 2 N–H and O–H groups in total. The van der Waals surface area contributed by atoms with Crippen molar-refractivity contribution in [3.8, 4) is 11.5 Å². The first-order chi connectivity index (χ1) is 10.7. The van der Waals surface area contributed by atoms with Gasteiger partial charge in [-0.2, -0.15) is 0 Å². The van der Waals surface area contributed by atoms with Gasteiger partial charge in [-0.25, -0.2) is 0 Å². The van der Waals surface area contributed by atoms with Crippen molar-refractivity contribution in [2.45, 2.75) is 0 Å². The summed E-state index contributed by atoms with van der Waals surface area (Å²) in [5.41, 5.74) is 7.83. The summed E-state index contributed by atoms with van der Waals surface area (Å²) in [6.45, 7) is 0. The highest BCUT2D eigenvalue weighted by Gasteiger charge is 2.17. The maximum Gasteiger partial charge on any atom is 0.262 e. The molecule has 0 spiro atoms. The van der Waals surface area contributed by atoms with Crippen molar-refractivity contribution in [1.82, 2.24) is 4.57 Å². The Kier molecular flexibility index (Phi) is 3.47. The molecule has 0 atom stereocenters. The van der Waals surface area contributed by atoms with Crippen LogP contribution < -0.4 is 15.2 Å². The summed E-state index contributed by atoms with van der Waals surface area (Å²) < 4.78 is 12.1. The van der Waals surface area contributed by atoms with Gasteiger partial charge >= 0.3 is 0 Å². The molecule has 0 aliphatic rings. The van der Waals surface area contributed by atoms with E-state index in [1.807, 2.05) is 18.2 Å². The molecule has 112 valence electrons. The van der Waals surface area contributed by atoms with E-state index in [4.69, 9.17) is 15.2 Å². The summed E-state index contributed by atoms with van der Waals surface area (Å²) in [7, 11) is 3.12. The topological polar surface area (TPSA) is 66.5 Å². The van der Waals surface area contributed by atoms with E-state index in [9.17, 15) is 4.79 Å². The minimum atomic E-state index is -0.144. The van der Waals surface area contributed by atoms with E-state index in [0.717, 1.165) is 5.39 Å². The quantitative estimate of drug-likeness (QED) is 0.807. The van der Waals surface area contributed by atoms with Crippen molar-refractivity contribution in [3.05, 3.63) is 54.2 Å². The van der Waals surface area contributed by atoms with Gasteiger partial charge in [0, 0.05) is 23.2 Å². The smallest absolute Gasteiger partial charge is 0.262 e. The Balaban J connectivity index is 2.21. The lowest BCUT2D eigenvalue weighted by molar-refractivity contribution is 0.0965. The minimum Gasteiger partial charge on any atom is -0.493 e. The average molecular weight is 296 g/mol. The highest BCUT2D eigenvalue weighted by Crippen LogP contribution is 2.35. The zero-order valence-corrected chi connectivity index (χ0v) is 12.4. The largest absolute Gasteiger partial charge is 0.493 e. The number of nitrogen functional groups attached to an aromatic ring is 1. The van der Waals surface area contributed by atoms with E-state index in [1.165, 1.54) is 4.57 Å². The predicted molar refractivity (Wildman–Crippen MR) is 85.6 cm³/mol. The van der Waals surface area contributed by atoms with Crippen molar-refractivity contribution in [2.24, 2.45) is 0 Å². The average Bonchev–Trinajstić information content (AvgIpc) is 2.89. The standard InChI is InChI=1S/C17H16N2O3/c1-21-15-8-12-13(18)10-19(14(12)9-16(15)22-2)17(20)11-6-4-3-5-7-11/h3-10H,18H2,1-2H3. The molecule has 0 fully saturated rings. The zero-order valence-electron chi connectivity index (χ0n) is 12.4. The number of benzene rings is 2. The number of anilines is 1. The Morgan fingerprint density at radius 2 is 1.68 bits per heavy atom. The van der Waals surface area contributed by atoms with Crippen molar-refractivity contribution in [1.29, 1.82) is 0 Å². The molecule has 3 aromatic rings. The number of rotatable bonds is 3. The lowest BCUT2D eigenvalue weighted by Gasteiger charge is -2.09. The monoisotopic (exact) mass is 296 g/mol. The number of hydrogen-bond acceptors (Lipinski definition) is 4. The minimum absolute atomic E-state index is 0.144. The first-order valence-electron chi connectivity index (χ1n) is 6.78. The van der Waals surface area contributed by atoms with Crippen LogP contribution in [0.1, 0.15) is 10.4 Å². The fourth-order valence-electron chi connectivity index (χ4n) is 2.46. The molecule has 5 nitrogen and oxygen atoms in total. The van der Waals surface area contributed by atoms with Crippen LogP contribution in [0.5, 0.6) is 11.5 Å². The van der Waals surface area contributed by atoms with Gasteiger partial charge in [0.2, 0.25) is 0 Å². The van der Waals surface area contributed by atoms with Crippen LogP contribution in [-0.4, -0.2) is 24.7 Å². The van der Waals surface area contributed by atoms with E-state index in [0.29, 0.717) is 28.3 Å². The molecular formula is C17H16N2O3. The number of methoxy groups -OCH3 is 2. The SMILES string of the molecule is COc1cc2c(N)cn(C(=O)c3ccccc3)c2cc1OC. The van der Waals surface area contributed by atoms with E-state index in [-0.39, 0.29) is 5.91 Å². The lowest BCUT2D eigenvalue weighted by Crippen LogP contribution is -2.10. The Hall–Kier alpha value is -2.95. The molecule has 5 heteroatoms. The number of ether oxygens (including phenoxy) is 2. The molecule has 3 rings (SSSR count). The van der Waals surface area contributed by atoms with E-state index in [2.05, 4.69) is 0 Å². The van der Waals surface area contributed by atoms with Gasteiger partial charge in [-0.15, -0.1) is 0 Å². The highest BCUT2D eigenvalue weighted by atomic mass is 16.5. The van der Waals surface area contributed by atoms with Crippen molar-refractivity contribution in [3.63, 3.8) is 0 Å². The van der Waals surface area contributed by atoms with Gasteiger partial charge in [0.1, 0.15) is 0 Å². The molecule has 1 aromatic heterocycles. The molecule has 0 aliphatic heterocycles. The molecule has 0 aliphatic carbocycles. The highest BCUT2D eigenvalue weighted by molar-refractivity contribution is 6.06. The van der Waals surface area contributed by atoms with Gasteiger partial charge in [-0.05, 0) is 18.2 Å². The van der Waals surface area contributed by atoms with E-state index in [1.54, 1.807) is 44.7 Å². The van der Waals surface area contributed by atoms with Crippen LogP contribution in [-0.2, 0) is 0 Å². The molecule has 2 aromatic carbocycles. The maximum atomic E-state index is 12.7. The molecule has 0 radical (unpaired) electrons. The third-order valence-electron chi connectivity index (χ3n) is 3.58. The van der Waals surface area contributed by atoms with Crippen LogP contribution in [0.15, 0.2) is 48.7 Å². The van der Waals surface area contributed by atoms with Gasteiger partial charge in [0.25, 0.3) is 5.91 Å². The summed E-state index contributed by atoms with van der Waals surface area (Å²) in [5.74, 6) is 0.983. The number of carbonyl (C=O) groups is 1. The summed E-state index contributed by atoms with van der Waals surface area (Å²) in [4.78, 5) is 12.7. The van der Waals surface area contributed by atoms with Crippen molar-refractivity contribution >= 4 is 22.5 Å². The maximum absolute atomic E-state index is 12.7. The van der Waals surface area contributed by atoms with Crippen LogP contribution >= 0.6 is 0 Å². The predicted octanol–water partition coefficient (Wildman–Crippen LogP) is 2.93. The lowest BCUT2D eigenvalue weighted by atomic mass is 10.2. The summed E-state index contributed by atoms with van der Waals surface area (Å²) in [6, 6.07) is 12.6. The van der Waals surface area contributed by atoms with Crippen LogP contribution in [0, 0.1) is 0 Å². The van der Waals surface area contributed by atoms with E-state index >= 15 is 0 Å². The van der Waals surface area contributed by atoms with Gasteiger partial charge in [-0.1, -0.05) is 18.2 Å². The Morgan fingerprint density at radius 1 is 1.05 bits per heavy atom. The molecule has 0 amide bonds. The molecule has 22 heavy (non-hydrogen) atoms. The van der Waals surface area contributed by atoms with Gasteiger partial charge in [0.05, 0.1) is 25.4 Å².